The van der Waals surface area contributed by atoms with Gasteiger partial charge in [0, 0.05) is 42.3 Å². The van der Waals surface area contributed by atoms with Crippen LogP contribution in [0.25, 0.3) is 22.2 Å². The highest BCUT2D eigenvalue weighted by atomic mass is 32.2. The van der Waals surface area contributed by atoms with Gasteiger partial charge in [-0.3, -0.25) is 14.8 Å². The van der Waals surface area contributed by atoms with Gasteiger partial charge < -0.3 is 16.2 Å². The van der Waals surface area contributed by atoms with Gasteiger partial charge in [-0.25, -0.2) is 9.37 Å². The number of nitrogens with two attached hydrogens (primary N) is 2. The monoisotopic (exact) mass is 517 g/mol. The molecule has 0 aliphatic heterocycles. The molecule has 0 radical (unpaired) electrons. The Morgan fingerprint density at radius 1 is 1.03 bits per heavy atom. The van der Waals surface area contributed by atoms with Crippen molar-refractivity contribution in [3.63, 3.8) is 0 Å². The third-order valence-electron chi connectivity index (χ3n) is 5.18. The number of carbonyl (C=O) groups excluding carboxylic acids is 1. The number of aliphatic imine (C=N–C) groups is 1. The van der Waals surface area contributed by atoms with Crippen LogP contribution in [0.3, 0.4) is 0 Å². The largest absolute Gasteiger partial charge is 0.487 e. The zero-order chi connectivity index (χ0) is 26.8. The Labute approximate surface area is 219 Å². The molecule has 2 aromatic heterocycles. The van der Waals surface area contributed by atoms with E-state index in [9.17, 15) is 9.18 Å². The van der Waals surface area contributed by atoms with Crippen molar-refractivity contribution in [3.8, 4) is 5.75 Å². The smallest absolute Gasteiger partial charge is 0.249 e. The van der Waals surface area contributed by atoms with Crippen LogP contribution in [0.15, 0.2) is 78.0 Å². The molecule has 0 fully saturated rings. The first-order valence-corrected chi connectivity index (χ1v) is 12.9. The van der Waals surface area contributed by atoms with E-state index in [1.807, 2.05) is 36.8 Å². The zero-order valence-electron chi connectivity index (χ0n) is 20.8. The first kappa shape index (κ1) is 27.3. The van der Waals surface area contributed by atoms with Crippen LogP contribution in [0, 0.1) is 5.82 Å². The summed E-state index contributed by atoms with van der Waals surface area (Å²) in [6.07, 6.45) is 9.19. The molecule has 0 spiro atoms. The van der Waals surface area contributed by atoms with Crippen LogP contribution in [-0.2, 0) is 6.61 Å². The van der Waals surface area contributed by atoms with Crippen LogP contribution in [0.4, 0.5) is 4.39 Å². The molecule has 4 N–H and O–H groups in total. The number of nitrogens with zero attached hydrogens (tertiary/aromatic N) is 3. The number of allylic oxidation sites excluding steroid dienone is 1. The Balaban J connectivity index is 0.00000121. The standard InChI is InChI=1S/C26H22FN5O2.C2H6S/c1-30-14-23(16-8-10-31-11-9-16)25(28)17-2-5-20(6-3-17)34-15-19-13-22(26(29)33)21-12-18(27)4-7-24(21)32-19;1-3-2/h2-14H,15,28H2,1H3,(H2,29,33);1-2H3/b25-23+,30-14?;. The van der Waals surface area contributed by atoms with E-state index in [4.69, 9.17) is 16.2 Å². The highest BCUT2D eigenvalue weighted by molar-refractivity contribution is 7.97. The van der Waals surface area contributed by atoms with Crippen LogP contribution >= 0.6 is 11.8 Å². The highest BCUT2D eigenvalue weighted by Gasteiger charge is 2.12. The molecule has 1 amide bonds. The molecule has 4 rings (SSSR count). The van der Waals surface area contributed by atoms with Gasteiger partial charge in [0.1, 0.15) is 18.2 Å². The van der Waals surface area contributed by atoms with Crippen molar-refractivity contribution in [2.75, 3.05) is 19.6 Å². The number of benzene rings is 2. The van der Waals surface area contributed by atoms with Gasteiger partial charge in [-0.1, -0.05) is 0 Å². The van der Waals surface area contributed by atoms with Crippen LogP contribution in [0.2, 0.25) is 0 Å². The summed E-state index contributed by atoms with van der Waals surface area (Å²) in [5, 5.41) is 0.364. The molecule has 7 nitrogen and oxygen atoms in total. The summed E-state index contributed by atoms with van der Waals surface area (Å²) in [4.78, 5) is 24.5. The molecule has 37 heavy (non-hydrogen) atoms. The van der Waals surface area contributed by atoms with Crippen LogP contribution in [0.1, 0.15) is 27.2 Å². The molecular weight excluding hydrogens is 489 g/mol. The van der Waals surface area contributed by atoms with E-state index in [1.54, 1.807) is 49.6 Å². The normalized spacial score (nSPS) is 11.6. The Kier molecular flexibility index (Phi) is 9.74. The van der Waals surface area contributed by atoms with Gasteiger partial charge in [-0.2, -0.15) is 11.8 Å². The first-order chi connectivity index (χ1) is 17.9. The molecule has 0 bridgehead atoms. The fourth-order valence-electron chi connectivity index (χ4n) is 3.53. The van der Waals surface area contributed by atoms with E-state index in [-0.39, 0.29) is 12.2 Å². The second-order valence-electron chi connectivity index (χ2n) is 7.86. The maximum absolute atomic E-state index is 13.6. The fourth-order valence-corrected chi connectivity index (χ4v) is 3.53. The van der Waals surface area contributed by atoms with Crippen LogP contribution in [0.5, 0.6) is 5.75 Å². The molecule has 2 aromatic carbocycles. The van der Waals surface area contributed by atoms with Crippen molar-refractivity contribution >= 4 is 46.1 Å². The topological polar surface area (TPSA) is 116 Å². The third kappa shape index (κ3) is 7.14. The Bertz CT molecular complexity index is 1420. The molecule has 0 atom stereocenters. The lowest BCUT2D eigenvalue weighted by Gasteiger charge is -2.11. The number of carbonyl (C=O) groups is 1. The van der Waals surface area contributed by atoms with Gasteiger partial charge in [0.25, 0.3) is 0 Å². The number of primary amides is 1. The third-order valence-corrected chi connectivity index (χ3v) is 5.18. The summed E-state index contributed by atoms with van der Waals surface area (Å²) >= 11 is 1.75. The SMILES string of the molecule is CN=C/C(=C(\N)c1ccc(OCc2cc(C(N)=O)c3cc(F)ccc3n2)cc1)c1ccncc1.CSC. The summed E-state index contributed by atoms with van der Waals surface area (Å²) in [5.41, 5.74) is 16.1. The van der Waals surface area contributed by atoms with Crippen molar-refractivity contribution in [2.24, 2.45) is 16.5 Å². The van der Waals surface area contributed by atoms with Gasteiger partial charge in [0.2, 0.25) is 5.91 Å². The number of aromatic nitrogens is 2. The predicted octanol–water partition coefficient (Wildman–Crippen LogP) is 4.95. The summed E-state index contributed by atoms with van der Waals surface area (Å²) < 4.78 is 19.4. The molecule has 0 unspecified atom stereocenters. The molecular formula is C28H28FN5O2S. The number of fused-ring (bicyclic) bond motifs is 1. The zero-order valence-corrected chi connectivity index (χ0v) is 21.6. The molecule has 0 saturated heterocycles. The van der Waals surface area contributed by atoms with Crippen molar-refractivity contribution in [3.05, 3.63) is 101 Å². The molecule has 2 heterocycles. The number of hydrogen-bond acceptors (Lipinski definition) is 7. The average Bonchev–Trinajstić information content (AvgIpc) is 2.91. The molecule has 9 heteroatoms. The summed E-state index contributed by atoms with van der Waals surface area (Å²) in [7, 11) is 1.69. The van der Waals surface area contributed by atoms with Gasteiger partial charge in [-0.15, -0.1) is 0 Å². The summed E-state index contributed by atoms with van der Waals surface area (Å²) in [5.74, 6) is -0.536. The number of thioether (sulfide) groups is 1. The number of ether oxygens (including phenoxy) is 1. The number of rotatable bonds is 7. The summed E-state index contributed by atoms with van der Waals surface area (Å²) in [6.45, 7) is 0.100. The van der Waals surface area contributed by atoms with E-state index in [1.165, 1.54) is 24.3 Å². The maximum atomic E-state index is 13.6. The minimum atomic E-state index is -0.661. The average molecular weight is 518 g/mol. The van der Waals surface area contributed by atoms with E-state index in [0.29, 0.717) is 28.0 Å². The highest BCUT2D eigenvalue weighted by Crippen LogP contribution is 2.24. The van der Waals surface area contributed by atoms with Crippen LogP contribution < -0.4 is 16.2 Å². The van der Waals surface area contributed by atoms with Crippen LogP contribution in [-0.4, -0.2) is 41.6 Å². The van der Waals surface area contributed by atoms with E-state index in [0.717, 1.165) is 16.7 Å². The maximum Gasteiger partial charge on any atom is 0.249 e. The number of hydrogen-bond donors (Lipinski definition) is 2. The second kappa shape index (κ2) is 13.2. The number of amides is 1. The second-order valence-corrected chi connectivity index (χ2v) is 8.68. The van der Waals surface area contributed by atoms with E-state index >= 15 is 0 Å². The Morgan fingerprint density at radius 3 is 2.32 bits per heavy atom. The van der Waals surface area contributed by atoms with Crippen molar-refractivity contribution < 1.29 is 13.9 Å². The lowest BCUT2D eigenvalue weighted by Crippen LogP contribution is -2.13. The van der Waals surface area contributed by atoms with Crippen molar-refractivity contribution in [1.82, 2.24) is 9.97 Å². The van der Waals surface area contributed by atoms with Crippen molar-refractivity contribution in [2.45, 2.75) is 6.61 Å². The number of pyridine rings is 2. The Morgan fingerprint density at radius 2 is 1.70 bits per heavy atom. The van der Waals surface area contributed by atoms with Crippen molar-refractivity contribution in [1.29, 1.82) is 0 Å². The molecule has 4 aromatic rings. The lowest BCUT2D eigenvalue weighted by atomic mass is 10.0. The molecule has 0 saturated carbocycles. The van der Waals surface area contributed by atoms with E-state index < -0.39 is 11.7 Å². The minimum absolute atomic E-state index is 0.100. The summed E-state index contributed by atoms with van der Waals surface area (Å²) in [6, 6.07) is 16.6. The van der Waals surface area contributed by atoms with Gasteiger partial charge >= 0.3 is 0 Å². The molecule has 0 aliphatic rings. The van der Waals surface area contributed by atoms with E-state index in [2.05, 4.69) is 15.0 Å². The van der Waals surface area contributed by atoms with Gasteiger partial charge in [0.05, 0.1) is 16.8 Å². The molecule has 190 valence electrons. The fraction of sp³-hybridized carbons (Fsp3) is 0.143. The first-order valence-electron chi connectivity index (χ1n) is 11.2. The number of halogens is 1. The minimum Gasteiger partial charge on any atom is -0.487 e. The van der Waals surface area contributed by atoms with Gasteiger partial charge in [-0.05, 0) is 84.3 Å². The molecule has 0 aliphatic carbocycles. The predicted molar refractivity (Wildman–Crippen MR) is 150 cm³/mol. The van der Waals surface area contributed by atoms with Gasteiger partial charge in [0.15, 0.2) is 0 Å². The quantitative estimate of drug-likeness (QED) is 0.335. The lowest BCUT2D eigenvalue weighted by molar-refractivity contribution is 0.100. The Hall–Kier alpha value is -4.24.